The average Bonchev–Trinajstić information content (AvgIpc) is 2.45. The van der Waals surface area contributed by atoms with Crippen molar-refractivity contribution in [3.05, 3.63) is 42.5 Å². The molecule has 0 saturated carbocycles. The summed E-state index contributed by atoms with van der Waals surface area (Å²) in [6.07, 6.45) is 0. The summed E-state index contributed by atoms with van der Waals surface area (Å²) in [7, 11) is -2.63. The van der Waals surface area contributed by atoms with Gasteiger partial charge in [-0.2, -0.15) is 4.31 Å². The maximum Gasteiger partial charge on any atom is 0.324 e. The van der Waals surface area contributed by atoms with E-state index in [0.29, 0.717) is 5.39 Å². The summed E-state index contributed by atoms with van der Waals surface area (Å²) in [6, 6.07) is 12.1. The standard InChI is InChI=1S/C15H17NO4S/c1-15(2,14(17)18)16(3)21(19,20)13-10-6-8-11-7-4-5-9-12(11)13/h4-10H,1-3H3,(H,17,18). The lowest BCUT2D eigenvalue weighted by molar-refractivity contribution is -0.145. The fourth-order valence-corrected chi connectivity index (χ4v) is 3.69. The molecule has 0 aliphatic carbocycles. The van der Waals surface area contributed by atoms with Gasteiger partial charge in [-0.15, -0.1) is 0 Å². The van der Waals surface area contributed by atoms with E-state index >= 15 is 0 Å². The van der Waals surface area contributed by atoms with Crippen LogP contribution in [0.15, 0.2) is 47.4 Å². The predicted octanol–water partition coefficient (Wildman–Crippen LogP) is 2.32. The van der Waals surface area contributed by atoms with Gasteiger partial charge in [-0.05, 0) is 25.3 Å². The Hall–Kier alpha value is -1.92. The molecule has 112 valence electrons. The molecule has 5 nitrogen and oxygen atoms in total. The van der Waals surface area contributed by atoms with E-state index in [2.05, 4.69) is 0 Å². The third-order valence-corrected chi connectivity index (χ3v) is 5.79. The number of sulfonamides is 1. The van der Waals surface area contributed by atoms with Gasteiger partial charge in [0, 0.05) is 12.4 Å². The smallest absolute Gasteiger partial charge is 0.324 e. The Kier molecular flexibility index (Phi) is 3.78. The van der Waals surface area contributed by atoms with E-state index in [1.165, 1.54) is 27.0 Å². The van der Waals surface area contributed by atoms with Crippen LogP contribution in [0.2, 0.25) is 0 Å². The van der Waals surface area contributed by atoms with Crippen molar-refractivity contribution in [2.45, 2.75) is 24.3 Å². The quantitative estimate of drug-likeness (QED) is 0.940. The van der Waals surface area contributed by atoms with Crippen molar-refractivity contribution in [2.24, 2.45) is 0 Å². The number of rotatable bonds is 4. The second-order valence-corrected chi connectivity index (χ2v) is 7.25. The molecule has 0 heterocycles. The van der Waals surface area contributed by atoms with E-state index in [1.807, 2.05) is 18.2 Å². The molecule has 6 heteroatoms. The summed E-state index contributed by atoms with van der Waals surface area (Å²) < 4.78 is 26.4. The Morgan fingerprint density at radius 3 is 2.29 bits per heavy atom. The van der Waals surface area contributed by atoms with E-state index in [1.54, 1.807) is 18.2 Å². The molecule has 21 heavy (non-hydrogen) atoms. The first-order chi connectivity index (χ1) is 9.69. The van der Waals surface area contributed by atoms with Gasteiger partial charge in [0.1, 0.15) is 5.54 Å². The first-order valence-corrected chi connectivity index (χ1v) is 7.83. The highest BCUT2D eigenvalue weighted by molar-refractivity contribution is 7.89. The van der Waals surface area contributed by atoms with Crippen LogP contribution < -0.4 is 0 Å². The van der Waals surface area contributed by atoms with Crippen molar-refractivity contribution in [1.29, 1.82) is 0 Å². The zero-order valence-corrected chi connectivity index (χ0v) is 12.9. The number of benzene rings is 2. The fraction of sp³-hybridized carbons (Fsp3) is 0.267. The summed E-state index contributed by atoms with van der Waals surface area (Å²) in [5.74, 6) is -1.20. The van der Waals surface area contributed by atoms with Crippen LogP contribution in [-0.4, -0.2) is 36.4 Å². The van der Waals surface area contributed by atoms with Crippen LogP contribution in [0.3, 0.4) is 0 Å². The zero-order valence-electron chi connectivity index (χ0n) is 12.1. The number of fused-ring (bicyclic) bond motifs is 1. The molecule has 0 fully saturated rings. The molecule has 2 aromatic carbocycles. The normalized spacial score (nSPS) is 12.8. The number of likely N-dealkylation sites (N-methyl/N-ethyl adjacent to an activating group) is 1. The highest BCUT2D eigenvalue weighted by Gasteiger charge is 2.40. The maximum absolute atomic E-state index is 12.8. The predicted molar refractivity (Wildman–Crippen MR) is 80.6 cm³/mol. The Labute approximate surface area is 123 Å². The molecule has 0 atom stereocenters. The molecule has 2 aromatic rings. The van der Waals surface area contributed by atoms with Gasteiger partial charge < -0.3 is 5.11 Å². The van der Waals surface area contributed by atoms with Crippen LogP contribution in [0.5, 0.6) is 0 Å². The maximum atomic E-state index is 12.8. The topological polar surface area (TPSA) is 74.7 Å². The first-order valence-electron chi connectivity index (χ1n) is 6.39. The monoisotopic (exact) mass is 307 g/mol. The highest BCUT2D eigenvalue weighted by atomic mass is 32.2. The minimum atomic E-state index is -3.92. The molecular weight excluding hydrogens is 290 g/mol. The molecule has 0 saturated heterocycles. The number of carboxylic acids is 1. The Morgan fingerprint density at radius 1 is 1.10 bits per heavy atom. The number of hydrogen-bond donors (Lipinski definition) is 1. The summed E-state index contributed by atoms with van der Waals surface area (Å²) in [4.78, 5) is 11.4. The molecule has 0 bridgehead atoms. The van der Waals surface area contributed by atoms with Crippen LogP contribution in [0.4, 0.5) is 0 Å². The number of nitrogens with zero attached hydrogens (tertiary/aromatic N) is 1. The lowest BCUT2D eigenvalue weighted by Gasteiger charge is -2.30. The van der Waals surface area contributed by atoms with E-state index in [0.717, 1.165) is 9.69 Å². The number of hydrogen-bond acceptors (Lipinski definition) is 3. The minimum absolute atomic E-state index is 0.109. The fourth-order valence-electron chi connectivity index (χ4n) is 2.00. The Bertz CT molecular complexity index is 791. The Balaban J connectivity index is 2.66. The molecule has 2 rings (SSSR count). The van der Waals surface area contributed by atoms with Gasteiger partial charge in [0.25, 0.3) is 0 Å². The SMILES string of the molecule is CN(C(C)(C)C(=O)O)S(=O)(=O)c1cccc2ccccc12. The van der Waals surface area contributed by atoms with Crippen LogP contribution in [0.1, 0.15) is 13.8 Å². The average molecular weight is 307 g/mol. The van der Waals surface area contributed by atoms with Gasteiger partial charge in [-0.1, -0.05) is 36.4 Å². The largest absolute Gasteiger partial charge is 0.480 e. The molecule has 0 aliphatic heterocycles. The van der Waals surface area contributed by atoms with Crippen LogP contribution in [0.25, 0.3) is 10.8 Å². The lowest BCUT2D eigenvalue weighted by Crippen LogP contribution is -2.50. The minimum Gasteiger partial charge on any atom is -0.480 e. The van der Waals surface area contributed by atoms with E-state index in [4.69, 9.17) is 0 Å². The van der Waals surface area contributed by atoms with Crippen molar-refractivity contribution in [1.82, 2.24) is 4.31 Å². The summed E-state index contributed by atoms with van der Waals surface area (Å²) in [6.45, 7) is 2.72. The molecule has 0 unspecified atom stereocenters. The third-order valence-electron chi connectivity index (χ3n) is 3.70. The van der Waals surface area contributed by atoms with E-state index in [-0.39, 0.29) is 4.90 Å². The molecule has 0 aromatic heterocycles. The van der Waals surface area contributed by atoms with Crippen molar-refractivity contribution >= 4 is 26.8 Å². The lowest BCUT2D eigenvalue weighted by atomic mass is 10.1. The van der Waals surface area contributed by atoms with Gasteiger partial charge in [-0.3, -0.25) is 4.79 Å². The van der Waals surface area contributed by atoms with Gasteiger partial charge >= 0.3 is 5.97 Å². The Morgan fingerprint density at radius 2 is 1.67 bits per heavy atom. The molecule has 0 radical (unpaired) electrons. The highest BCUT2D eigenvalue weighted by Crippen LogP contribution is 2.28. The van der Waals surface area contributed by atoms with Gasteiger partial charge in [0.2, 0.25) is 10.0 Å². The van der Waals surface area contributed by atoms with Crippen molar-refractivity contribution in [2.75, 3.05) is 7.05 Å². The summed E-state index contributed by atoms with van der Waals surface area (Å²) >= 11 is 0. The zero-order chi connectivity index (χ0) is 15.8. The van der Waals surface area contributed by atoms with E-state index in [9.17, 15) is 18.3 Å². The second-order valence-electron chi connectivity index (χ2n) is 5.31. The van der Waals surface area contributed by atoms with Crippen LogP contribution >= 0.6 is 0 Å². The number of carbonyl (C=O) groups is 1. The molecular formula is C15H17NO4S. The molecule has 0 spiro atoms. The van der Waals surface area contributed by atoms with Gasteiger partial charge in [0.15, 0.2) is 0 Å². The van der Waals surface area contributed by atoms with Gasteiger partial charge in [-0.25, -0.2) is 8.42 Å². The van der Waals surface area contributed by atoms with Crippen LogP contribution in [0, 0.1) is 0 Å². The first kappa shape index (κ1) is 15.5. The summed E-state index contributed by atoms with van der Waals surface area (Å²) in [5, 5.41) is 10.6. The van der Waals surface area contributed by atoms with Gasteiger partial charge in [0.05, 0.1) is 4.90 Å². The van der Waals surface area contributed by atoms with Crippen molar-refractivity contribution in [3.63, 3.8) is 0 Å². The molecule has 0 aliphatic rings. The van der Waals surface area contributed by atoms with Crippen LogP contribution in [-0.2, 0) is 14.8 Å². The number of aliphatic carboxylic acids is 1. The van der Waals surface area contributed by atoms with Crippen molar-refractivity contribution < 1.29 is 18.3 Å². The third kappa shape index (κ3) is 2.52. The second kappa shape index (κ2) is 5.13. The van der Waals surface area contributed by atoms with E-state index < -0.39 is 21.5 Å². The number of carboxylic acid groups (broad SMARTS) is 1. The molecule has 1 N–H and O–H groups in total. The van der Waals surface area contributed by atoms with Crippen molar-refractivity contribution in [3.8, 4) is 0 Å². The summed E-state index contributed by atoms with van der Waals surface area (Å²) in [5.41, 5.74) is -1.53. The molecule has 0 amide bonds.